The van der Waals surface area contributed by atoms with E-state index in [0.717, 1.165) is 40.0 Å². The zero-order valence-corrected chi connectivity index (χ0v) is 12.6. The lowest BCUT2D eigenvalue weighted by molar-refractivity contribution is 0.928. The van der Waals surface area contributed by atoms with E-state index in [1.807, 2.05) is 52.0 Å². The molecule has 0 aliphatic rings. The van der Waals surface area contributed by atoms with Gasteiger partial charge in [-0.2, -0.15) is 0 Å². The Labute approximate surface area is 123 Å². The lowest BCUT2D eigenvalue weighted by Crippen LogP contribution is -1.98. The molecule has 0 spiro atoms. The third-order valence-corrected chi connectivity index (χ3v) is 3.38. The Hall–Kier alpha value is -2.56. The highest BCUT2D eigenvalue weighted by Gasteiger charge is 2.09. The molecule has 21 heavy (non-hydrogen) atoms. The maximum Gasteiger partial charge on any atom is 0.163 e. The molecule has 106 valence electrons. The monoisotopic (exact) mass is 279 g/mol. The molecule has 1 N–H and O–H groups in total. The van der Waals surface area contributed by atoms with Gasteiger partial charge in [-0.1, -0.05) is 18.2 Å². The number of nitrogens with zero attached hydrogens (tertiary/aromatic N) is 4. The highest BCUT2D eigenvalue weighted by Crippen LogP contribution is 2.23. The van der Waals surface area contributed by atoms with Crippen molar-refractivity contribution in [2.45, 2.75) is 27.7 Å². The van der Waals surface area contributed by atoms with Crippen LogP contribution in [0.2, 0.25) is 0 Å². The molecule has 2 aromatic heterocycles. The molecule has 0 atom stereocenters. The summed E-state index contributed by atoms with van der Waals surface area (Å²) in [5.41, 5.74) is 4.09. The predicted octanol–water partition coefficient (Wildman–Crippen LogP) is 3.16. The average molecular weight is 279 g/mol. The van der Waals surface area contributed by atoms with Crippen LogP contribution in [-0.4, -0.2) is 24.9 Å². The molecule has 3 rings (SSSR count). The van der Waals surface area contributed by atoms with Crippen LogP contribution in [0.5, 0.6) is 0 Å². The number of rotatable bonds is 2. The molecule has 0 amide bonds. The first-order chi connectivity index (χ1) is 10.0. The van der Waals surface area contributed by atoms with Gasteiger partial charge in [0, 0.05) is 16.8 Å². The maximum atomic E-state index is 4.54. The molecule has 0 saturated heterocycles. The van der Waals surface area contributed by atoms with Crippen LogP contribution in [0.1, 0.15) is 23.0 Å². The highest BCUT2D eigenvalue weighted by molar-refractivity contribution is 5.66. The van der Waals surface area contributed by atoms with E-state index >= 15 is 0 Å². The Morgan fingerprint density at radius 2 is 1.48 bits per heavy atom. The van der Waals surface area contributed by atoms with Crippen LogP contribution in [-0.2, 0) is 0 Å². The summed E-state index contributed by atoms with van der Waals surface area (Å²) in [5, 5.41) is 0. The van der Waals surface area contributed by atoms with E-state index in [9.17, 15) is 0 Å². The summed E-state index contributed by atoms with van der Waals surface area (Å²) >= 11 is 0. The number of imidazole rings is 1. The summed E-state index contributed by atoms with van der Waals surface area (Å²) < 4.78 is 0. The molecule has 0 aliphatic heterocycles. The van der Waals surface area contributed by atoms with Crippen molar-refractivity contribution in [3.8, 4) is 22.8 Å². The van der Waals surface area contributed by atoms with Crippen molar-refractivity contribution in [3.05, 3.63) is 47.3 Å². The van der Waals surface area contributed by atoms with Gasteiger partial charge < -0.3 is 4.98 Å². The summed E-state index contributed by atoms with van der Waals surface area (Å²) in [5.74, 6) is 3.02. The molecule has 0 radical (unpaired) electrons. The standard InChI is InChI=1S/C16H17N5/c1-9-10(2)18-15(17-9)13-6-5-7-14(8-13)16-20-11(3)19-12(4)21-16/h5-8H,1-4H3,(H,17,18). The summed E-state index contributed by atoms with van der Waals surface area (Å²) in [6.07, 6.45) is 0. The smallest absolute Gasteiger partial charge is 0.163 e. The van der Waals surface area contributed by atoms with Crippen LogP contribution in [0.3, 0.4) is 0 Å². The van der Waals surface area contributed by atoms with Crippen LogP contribution in [0.25, 0.3) is 22.8 Å². The van der Waals surface area contributed by atoms with Crippen LogP contribution in [0.4, 0.5) is 0 Å². The fourth-order valence-electron chi connectivity index (χ4n) is 2.23. The third kappa shape index (κ3) is 2.67. The van der Waals surface area contributed by atoms with Gasteiger partial charge in [0.05, 0.1) is 5.69 Å². The van der Waals surface area contributed by atoms with Gasteiger partial charge in [-0.05, 0) is 33.8 Å². The van der Waals surface area contributed by atoms with Crippen molar-refractivity contribution in [1.82, 2.24) is 24.9 Å². The molecule has 0 fully saturated rings. The fraction of sp³-hybridized carbons (Fsp3) is 0.250. The van der Waals surface area contributed by atoms with Gasteiger partial charge in [0.15, 0.2) is 5.82 Å². The first-order valence-electron chi connectivity index (χ1n) is 6.86. The maximum absolute atomic E-state index is 4.54. The number of hydrogen-bond acceptors (Lipinski definition) is 4. The Balaban J connectivity index is 2.07. The lowest BCUT2D eigenvalue weighted by atomic mass is 10.1. The Kier molecular flexibility index (Phi) is 3.25. The Morgan fingerprint density at radius 3 is 2.10 bits per heavy atom. The van der Waals surface area contributed by atoms with E-state index in [1.54, 1.807) is 0 Å². The Morgan fingerprint density at radius 1 is 0.810 bits per heavy atom. The van der Waals surface area contributed by atoms with Gasteiger partial charge in [0.25, 0.3) is 0 Å². The summed E-state index contributed by atoms with van der Waals surface area (Å²) in [4.78, 5) is 20.9. The molecule has 5 heteroatoms. The molecular formula is C16H17N5. The third-order valence-electron chi connectivity index (χ3n) is 3.38. The number of aromatic amines is 1. The van der Waals surface area contributed by atoms with Gasteiger partial charge in [0.2, 0.25) is 0 Å². The average Bonchev–Trinajstić information content (AvgIpc) is 2.78. The number of aromatic nitrogens is 5. The van der Waals surface area contributed by atoms with Crippen LogP contribution >= 0.6 is 0 Å². The van der Waals surface area contributed by atoms with E-state index in [1.165, 1.54) is 0 Å². The molecule has 5 nitrogen and oxygen atoms in total. The van der Waals surface area contributed by atoms with Crippen molar-refractivity contribution in [3.63, 3.8) is 0 Å². The van der Waals surface area contributed by atoms with E-state index in [2.05, 4.69) is 24.9 Å². The Bertz CT molecular complexity index is 764. The largest absolute Gasteiger partial charge is 0.342 e. The fourth-order valence-corrected chi connectivity index (χ4v) is 2.23. The minimum Gasteiger partial charge on any atom is -0.342 e. The van der Waals surface area contributed by atoms with Gasteiger partial charge >= 0.3 is 0 Å². The molecule has 0 bridgehead atoms. The zero-order chi connectivity index (χ0) is 15.0. The van der Waals surface area contributed by atoms with Crippen molar-refractivity contribution in [2.75, 3.05) is 0 Å². The molecule has 0 saturated carbocycles. The summed E-state index contributed by atoms with van der Waals surface area (Å²) in [6.45, 7) is 7.77. The van der Waals surface area contributed by atoms with Crippen molar-refractivity contribution in [2.24, 2.45) is 0 Å². The molecule has 1 aromatic carbocycles. The van der Waals surface area contributed by atoms with Gasteiger partial charge in [-0.15, -0.1) is 0 Å². The molecule has 0 unspecified atom stereocenters. The number of hydrogen-bond donors (Lipinski definition) is 1. The van der Waals surface area contributed by atoms with E-state index in [0.29, 0.717) is 5.82 Å². The number of H-pyrrole nitrogens is 1. The first kappa shape index (κ1) is 13.4. The predicted molar refractivity (Wildman–Crippen MR) is 81.8 cm³/mol. The van der Waals surface area contributed by atoms with Crippen molar-refractivity contribution in [1.29, 1.82) is 0 Å². The SMILES string of the molecule is Cc1nc(C)nc(-c2cccc(-c3nc(C)c(C)[nH]3)c2)n1. The van der Waals surface area contributed by atoms with Gasteiger partial charge in [0.1, 0.15) is 17.5 Å². The van der Waals surface area contributed by atoms with Crippen molar-refractivity contribution < 1.29 is 0 Å². The topological polar surface area (TPSA) is 67.3 Å². The van der Waals surface area contributed by atoms with Crippen LogP contribution in [0.15, 0.2) is 24.3 Å². The van der Waals surface area contributed by atoms with Crippen LogP contribution < -0.4 is 0 Å². The molecule has 0 aliphatic carbocycles. The number of benzene rings is 1. The number of aryl methyl sites for hydroxylation is 4. The highest BCUT2D eigenvalue weighted by atomic mass is 15.0. The van der Waals surface area contributed by atoms with E-state index < -0.39 is 0 Å². The minimum absolute atomic E-state index is 0.696. The van der Waals surface area contributed by atoms with E-state index in [-0.39, 0.29) is 0 Å². The minimum atomic E-state index is 0.696. The molecular weight excluding hydrogens is 262 g/mol. The summed E-state index contributed by atoms with van der Waals surface area (Å²) in [6, 6.07) is 8.07. The van der Waals surface area contributed by atoms with Crippen molar-refractivity contribution >= 4 is 0 Å². The second-order valence-corrected chi connectivity index (χ2v) is 5.13. The first-order valence-corrected chi connectivity index (χ1v) is 6.86. The molecule has 3 aromatic rings. The quantitative estimate of drug-likeness (QED) is 0.782. The second-order valence-electron chi connectivity index (χ2n) is 5.13. The summed E-state index contributed by atoms with van der Waals surface area (Å²) in [7, 11) is 0. The number of nitrogens with one attached hydrogen (secondary N) is 1. The lowest BCUT2D eigenvalue weighted by Gasteiger charge is -2.04. The second kappa shape index (κ2) is 5.09. The zero-order valence-electron chi connectivity index (χ0n) is 12.6. The molecule has 2 heterocycles. The van der Waals surface area contributed by atoms with Gasteiger partial charge in [-0.25, -0.2) is 19.9 Å². The normalized spacial score (nSPS) is 10.9. The van der Waals surface area contributed by atoms with Crippen LogP contribution in [0, 0.1) is 27.7 Å². The van der Waals surface area contributed by atoms with Gasteiger partial charge in [-0.3, -0.25) is 0 Å². The van der Waals surface area contributed by atoms with E-state index in [4.69, 9.17) is 0 Å².